The number of aliphatic carboxylic acids is 1. The lowest BCUT2D eigenvalue weighted by atomic mass is 9.88. The van der Waals surface area contributed by atoms with Crippen molar-refractivity contribution in [2.45, 2.75) is 69.5 Å². The molecule has 1 saturated heterocycles. The Kier molecular flexibility index (Phi) is 7.89. The zero-order valence-electron chi connectivity index (χ0n) is 24.8. The van der Waals surface area contributed by atoms with Crippen molar-refractivity contribution in [1.82, 2.24) is 24.3 Å². The summed E-state index contributed by atoms with van der Waals surface area (Å²) in [4.78, 5) is 16.7. The summed E-state index contributed by atoms with van der Waals surface area (Å²) in [6.07, 6.45) is 0.704. The molecular formula is C31H34FN5O6S. The minimum Gasteiger partial charge on any atom is -0.484 e. The first-order valence-corrected chi connectivity index (χ1v) is 16.0. The molecule has 4 heterocycles. The largest absolute Gasteiger partial charge is 0.484 e. The quantitative estimate of drug-likeness (QED) is 0.319. The van der Waals surface area contributed by atoms with Gasteiger partial charge in [-0.2, -0.15) is 4.31 Å². The molecule has 13 heteroatoms. The Morgan fingerprint density at radius 3 is 2.64 bits per heavy atom. The van der Waals surface area contributed by atoms with Gasteiger partial charge in [0.1, 0.15) is 27.6 Å². The van der Waals surface area contributed by atoms with Crippen LogP contribution < -0.4 is 4.74 Å². The first-order valence-electron chi connectivity index (χ1n) is 14.6. The zero-order chi connectivity index (χ0) is 31.2. The van der Waals surface area contributed by atoms with Gasteiger partial charge < -0.3 is 14.6 Å². The summed E-state index contributed by atoms with van der Waals surface area (Å²) < 4.78 is 57.4. The van der Waals surface area contributed by atoms with Crippen molar-refractivity contribution >= 4 is 27.0 Å². The van der Waals surface area contributed by atoms with Crippen molar-refractivity contribution < 1.29 is 32.2 Å². The third-order valence-corrected chi connectivity index (χ3v) is 10.5. The van der Waals surface area contributed by atoms with Crippen LogP contribution in [-0.4, -0.2) is 69.1 Å². The van der Waals surface area contributed by atoms with Gasteiger partial charge in [0.15, 0.2) is 0 Å². The van der Waals surface area contributed by atoms with E-state index in [1.807, 2.05) is 39.0 Å². The molecule has 2 aliphatic heterocycles. The second-order valence-corrected chi connectivity index (χ2v) is 13.4. The van der Waals surface area contributed by atoms with Crippen LogP contribution in [0, 0.1) is 19.7 Å². The number of carboxylic acid groups (broad SMARTS) is 1. The molecule has 11 nitrogen and oxygen atoms in total. The van der Waals surface area contributed by atoms with Gasteiger partial charge in [-0.1, -0.05) is 17.3 Å². The predicted octanol–water partition coefficient (Wildman–Crippen LogP) is 4.34. The molecule has 0 radical (unpaired) electrons. The fourth-order valence-electron chi connectivity index (χ4n) is 6.17. The van der Waals surface area contributed by atoms with Crippen LogP contribution in [0.25, 0.3) is 11.0 Å². The average molecular weight is 624 g/mol. The first-order chi connectivity index (χ1) is 21.0. The minimum atomic E-state index is -4.19. The maximum Gasteiger partial charge on any atom is 0.304 e. The van der Waals surface area contributed by atoms with Gasteiger partial charge >= 0.3 is 5.97 Å². The number of halogens is 1. The third-order valence-electron chi connectivity index (χ3n) is 8.66. The standard InChI is InChI=1S/C31H34FN5O6S/c1-4-37-26-9-7-22(20(3)30(26)34-35-37)23(16-29(38)39)24-8-5-19(2)25(33-24)17-36-18-31(11-13-42-14-12-31)43-27-10-6-21(32)15-28(27)44(36,40)41/h5-10,15,23H,4,11-14,16-18H2,1-3H3,(H,38,39)/t23-/m0/s1. The average Bonchev–Trinajstić information content (AvgIpc) is 3.39. The number of fused-ring (bicyclic) bond motifs is 2. The number of aromatic nitrogens is 4. The van der Waals surface area contributed by atoms with Crippen LogP contribution >= 0.6 is 0 Å². The number of carbonyl (C=O) groups is 1. The number of hydrogen-bond acceptors (Lipinski definition) is 8. The number of rotatable bonds is 7. The van der Waals surface area contributed by atoms with Crippen LogP contribution in [0.3, 0.4) is 0 Å². The molecule has 1 N–H and O–H groups in total. The van der Waals surface area contributed by atoms with E-state index in [9.17, 15) is 22.7 Å². The molecule has 2 aromatic carbocycles. The van der Waals surface area contributed by atoms with Crippen molar-refractivity contribution in [3.63, 3.8) is 0 Å². The van der Waals surface area contributed by atoms with Crippen molar-refractivity contribution in [2.24, 2.45) is 0 Å². The Morgan fingerprint density at radius 2 is 1.91 bits per heavy atom. The Hall–Kier alpha value is -3.94. The number of nitrogens with zero attached hydrogens (tertiary/aromatic N) is 5. The van der Waals surface area contributed by atoms with Gasteiger partial charge in [-0.15, -0.1) is 5.10 Å². The lowest BCUT2D eigenvalue weighted by Gasteiger charge is -2.38. The predicted molar refractivity (Wildman–Crippen MR) is 158 cm³/mol. The summed E-state index contributed by atoms with van der Waals surface area (Å²) in [6, 6.07) is 10.9. The van der Waals surface area contributed by atoms with Crippen molar-refractivity contribution in [3.05, 3.63) is 76.4 Å². The number of benzene rings is 2. The van der Waals surface area contributed by atoms with Crippen LogP contribution in [0.4, 0.5) is 4.39 Å². The van der Waals surface area contributed by atoms with Crippen LogP contribution in [0.15, 0.2) is 47.4 Å². The molecule has 1 fully saturated rings. The van der Waals surface area contributed by atoms with Gasteiger partial charge in [-0.05, 0) is 67.8 Å². The highest BCUT2D eigenvalue weighted by Crippen LogP contribution is 2.40. The van der Waals surface area contributed by atoms with Gasteiger partial charge in [0, 0.05) is 31.0 Å². The van der Waals surface area contributed by atoms with E-state index >= 15 is 0 Å². The molecule has 1 atom stereocenters. The molecule has 0 amide bonds. The van der Waals surface area contributed by atoms with E-state index in [4.69, 9.17) is 14.5 Å². The second kappa shape index (κ2) is 11.5. The lowest BCUT2D eigenvalue weighted by Crippen LogP contribution is -2.50. The smallest absolute Gasteiger partial charge is 0.304 e. The summed E-state index contributed by atoms with van der Waals surface area (Å²) in [5, 5.41) is 18.4. The van der Waals surface area contributed by atoms with E-state index in [0.29, 0.717) is 49.5 Å². The fourth-order valence-corrected chi connectivity index (χ4v) is 7.78. The molecule has 44 heavy (non-hydrogen) atoms. The topological polar surface area (TPSA) is 137 Å². The molecule has 232 valence electrons. The number of aryl methyl sites for hydroxylation is 3. The lowest BCUT2D eigenvalue weighted by molar-refractivity contribution is -0.137. The number of sulfonamides is 1. The summed E-state index contributed by atoms with van der Waals surface area (Å²) in [7, 11) is -4.19. The maximum atomic E-state index is 14.4. The molecule has 0 aliphatic carbocycles. The number of carboxylic acids is 1. The first kappa shape index (κ1) is 30.1. The Morgan fingerprint density at radius 1 is 1.14 bits per heavy atom. The van der Waals surface area contributed by atoms with E-state index in [0.717, 1.165) is 28.3 Å². The van der Waals surface area contributed by atoms with Crippen LogP contribution in [0.2, 0.25) is 0 Å². The Labute approximate surface area is 254 Å². The van der Waals surface area contributed by atoms with Crippen LogP contribution in [0.1, 0.15) is 60.2 Å². The SMILES string of the molecule is CCn1nnc2c(C)c([C@H](CC(=O)O)c3ccc(C)c(CN4CC5(CCOCC5)Oc5ccc(F)cc5S4(=O)=O)n3)ccc21. The summed E-state index contributed by atoms with van der Waals surface area (Å²) in [5.74, 6) is -2.19. The molecule has 0 bridgehead atoms. The molecular weight excluding hydrogens is 589 g/mol. The van der Waals surface area contributed by atoms with Crippen LogP contribution in [0.5, 0.6) is 5.75 Å². The Balaban J connectivity index is 1.42. The molecule has 0 saturated carbocycles. The number of ether oxygens (including phenoxy) is 2. The number of pyridine rings is 1. The summed E-state index contributed by atoms with van der Waals surface area (Å²) in [6.45, 7) is 7.08. The third kappa shape index (κ3) is 5.44. The highest BCUT2D eigenvalue weighted by Gasteiger charge is 2.45. The Bertz CT molecular complexity index is 1850. The van der Waals surface area contributed by atoms with Gasteiger partial charge in [-0.25, -0.2) is 17.5 Å². The zero-order valence-corrected chi connectivity index (χ0v) is 25.6. The maximum absolute atomic E-state index is 14.4. The number of hydrogen-bond donors (Lipinski definition) is 1. The van der Waals surface area contributed by atoms with E-state index in [2.05, 4.69) is 10.3 Å². The highest BCUT2D eigenvalue weighted by molar-refractivity contribution is 7.89. The van der Waals surface area contributed by atoms with E-state index in [1.54, 1.807) is 10.7 Å². The van der Waals surface area contributed by atoms with Gasteiger partial charge in [-0.3, -0.25) is 9.78 Å². The summed E-state index contributed by atoms with van der Waals surface area (Å²) in [5.41, 5.74) is 3.96. The van der Waals surface area contributed by atoms with Gasteiger partial charge in [0.05, 0.1) is 43.9 Å². The van der Waals surface area contributed by atoms with Crippen molar-refractivity contribution in [1.29, 1.82) is 0 Å². The fraction of sp³-hybridized carbons (Fsp3) is 0.419. The van der Waals surface area contributed by atoms with Gasteiger partial charge in [0.2, 0.25) is 10.0 Å². The van der Waals surface area contributed by atoms with Crippen molar-refractivity contribution in [2.75, 3.05) is 19.8 Å². The van der Waals surface area contributed by atoms with Crippen LogP contribution in [-0.2, 0) is 32.6 Å². The van der Waals surface area contributed by atoms with E-state index in [-0.39, 0.29) is 30.2 Å². The van der Waals surface area contributed by atoms with E-state index < -0.39 is 33.3 Å². The summed E-state index contributed by atoms with van der Waals surface area (Å²) >= 11 is 0. The van der Waals surface area contributed by atoms with Gasteiger partial charge in [0.25, 0.3) is 0 Å². The second-order valence-electron chi connectivity index (χ2n) is 11.5. The normalized spacial score (nSPS) is 18.5. The molecule has 4 aromatic rings. The molecule has 6 rings (SSSR count). The van der Waals surface area contributed by atoms with E-state index in [1.165, 1.54) is 16.4 Å². The molecule has 0 unspecified atom stereocenters. The van der Waals surface area contributed by atoms with Crippen molar-refractivity contribution in [3.8, 4) is 5.75 Å². The molecule has 2 aliphatic rings. The molecule has 2 aromatic heterocycles. The molecule has 1 spiro atoms. The highest BCUT2D eigenvalue weighted by atomic mass is 32.2. The minimum absolute atomic E-state index is 0.0295. The monoisotopic (exact) mass is 623 g/mol.